The van der Waals surface area contributed by atoms with E-state index in [0.717, 1.165) is 53.2 Å². The van der Waals surface area contributed by atoms with E-state index in [2.05, 4.69) is 11.0 Å². The summed E-state index contributed by atoms with van der Waals surface area (Å²) in [6.07, 6.45) is 0.900. The number of pyridine rings is 1. The number of hydrogen-bond acceptors (Lipinski definition) is 6. The van der Waals surface area contributed by atoms with Gasteiger partial charge in [-0.25, -0.2) is 4.79 Å². The van der Waals surface area contributed by atoms with Crippen molar-refractivity contribution in [1.29, 1.82) is 0 Å². The third-order valence-corrected chi connectivity index (χ3v) is 5.88. The lowest BCUT2D eigenvalue weighted by Gasteiger charge is -2.30. The van der Waals surface area contributed by atoms with Crippen molar-refractivity contribution in [2.45, 2.75) is 33.4 Å². The molecule has 0 unspecified atom stereocenters. The summed E-state index contributed by atoms with van der Waals surface area (Å²) in [6.45, 7) is 6.34. The van der Waals surface area contributed by atoms with Crippen LogP contribution in [0.2, 0.25) is 0 Å². The second-order valence-corrected chi connectivity index (χ2v) is 7.73. The van der Waals surface area contributed by atoms with E-state index in [1.54, 1.807) is 14.2 Å². The van der Waals surface area contributed by atoms with Gasteiger partial charge in [-0.2, -0.15) is 0 Å². The van der Waals surface area contributed by atoms with Crippen molar-refractivity contribution in [1.82, 2.24) is 9.88 Å². The fourth-order valence-corrected chi connectivity index (χ4v) is 4.32. The fraction of sp³-hybridized carbons (Fsp3) is 0.360. The normalized spacial score (nSPS) is 13.7. The van der Waals surface area contributed by atoms with Gasteiger partial charge in [-0.05, 0) is 55.2 Å². The zero-order chi connectivity index (χ0) is 22.0. The summed E-state index contributed by atoms with van der Waals surface area (Å²) >= 11 is 0. The van der Waals surface area contributed by atoms with Crippen LogP contribution in [0.3, 0.4) is 0 Å². The second-order valence-electron chi connectivity index (χ2n) is 7.73. The van der Waals surface area contributed by atoms with Crippen LogP contribution in [0.4, 0.5) is 0 Å². The average molecular weight is 421 g/mol. The lowest BCUT2D eigenvalue weighted by Crippen LogP contribution is -2.31. The van der Waals surface area contributed by atoms with E-state index in [4.69, 9.17) is 19.2 Å². The van der Waals surface area contributed by atoms with E-state index in [-0.39, 0.29) is 5.97 Å². The van der Waals surface area contributed by atoms with Crippen molar-refractivity contribution in [2.75, 3.05) is 27.4 Å². The smallest absolute Gasteiger partial charge is 0.340 e. The number of ether oxygens (including phenoxy) is 3. The van der Waals surface area contributed by atoms with E-state index in [1.807, 2.05) is 44.2 Å². The number of esters is 1. The predicted octanol–water partition coefficient (Wildman–Crippen LogP) is 4.30. The van der Waals surface area contributed by atoms with E-state index >= 15 is 0 Å². The van der Waals surface area contributed by atoms with Crippen LogP contribution < -0.4 is 9.47 Å². The highest BCUT2D eigenvalue weighted by Crippen LogP contribution is 2.34. The maximum atomic E-state index is 12.8. The van der Waals surface area contributed by atoms with Gasteiger partial charge in [-0.1, -0.05) is 18.2 Å². The number of benzene rings is 2. The first-order valence-corrected chi connectivity index (χ1v) is 10.6. The minimum Gasteiger partial charge on any atom is -0.493 e. The summed E-state index contributed by atoms with van der Waals surface area (Å²) in [7, 11) is 3.31. The van der Waals surface area contributed by atoms with Crippen molar-refractivity contribution >= 4 is 16.9 Å². The Morgan fingerprint density at radius 1 is 1.10 bits per heavy atom. The first-order valence-electron chi connectivity index (χ1n) is 10.6. The number of methoxy groups -OCH3 is 2. The van der Waals surface area contributed by atoms with Crippen LogP contribution in [0.5, 0.6) is 11.5 Å². The van der Waals surface area contributed by atoms with Crippen LogP contribution >= 0.6 is 0 Å². The predicted molar refractivity (Wildman–Crippen MR) is 120 cm³/mol. The highest BCUT2D eigenvalue weighted by molar-refractivity contribution is 5.98. The molecule has 0 saturated heterocycles. The molecule has 2 heterocycles. The molecule has 0 bridgehead atoms. The van der Waals surface area contributed by atoms with Crippen molar-refractivity contribution in [3.8, 4) is 11.5 Å². The number of carbonyl (C=O) groups excluding carboxylic acids is 1. The van der Waals surface area contributed by atoms with Crippen molar-refractivity contribution < 1.29 is 19.0 Å². The molecular formula is C25H28N2O4. The highest BCUT2D eigenvalue weighted by atomic mass is 16.5. The van der Waals surface area contributed by atoms with Gasteiger partial charge >= 0.3 is 5.97 Å². The Morgan fingerprint density at radius 3 is 2.52 bits per heavy atom. The lowest BCUT2D eigenvalue weighted by molar-refractivity contribution is 0.0522. The lowest BCUT2D eigenvalue weighted by atomic mass is 9.97. The van der Waals surface area contributed by atoms with E-state index in [1.165, 1.54) is 11.1 Å². The number of aryl methyl sites for hydroxylation is 1. The molecule has 162 valence electrons. The summed E-state index contributed by atoms with van der Waals surface area (Å²) < 4.78 is 16.3. The molecule has 0 amide bonds. The Balaban J connectivity index is 1.69. The topological polar surface area (TPSA) is 60.9 Å². The highest BCUT2D eigenvalue weighted by Gasteiger charge is 2.24. The molecule has 6 nitrogen and oxygen atoms in total. The molecule has 4 rings (SSSR count). The fourth-order valence-electron chi connectivity index (χ4n) is 4.32. The molecule has 0 N–H and O–H groups in total. The van der Waals surface area contributed by atoms with E-state index < -0.39 is 0 Å². The van der Waals surface area contributed by atoms with Gasteiger partial charge in [0.15, 0.2) is 11.5 Å². The summed E-state index contributed by atoms with van der Waals surface area (Å²) in [4.78, 5) is 20.0. The SMILES string of the molecule is CCOC(=O)c1c(CN2CCc3cc(OC)c(OC)cc3C2)nc2ccccc2c1C. The van der Waals surface area contributed by atoms with Crippen molar-refractivity contribution in [3.63, 3.8) is 0 Å². The second kappa shape index (κ2) is 8.94. The minimum atomic E-state index is -0.308. The number of fused-ring (bicyclic) bond motifs is 2. The Hall–Kier alpha value is -3.12. The van der Waals surface area contributed by atoms with E-state index in [9.17, 15) is 4.79 Å². The van der Waals surface area contributed by atoms with Crippen LogP contribution in [0, 0.1) is 6.92 Å². The number of hydrogen-bond donors (Lipinski definition) is 0. The summed E-state index contributed by atoms with van der Waals surface area (Å²) in [6, 6.07) is 12.0. The molecule has 0 fully saturated rings. The first-order chi connectivity index (χ1) is 15.0. The Kier molecular flexibility index (Phi) is 6.09. The van der Waals surface area contributed by atoms with Gasteiger partial charge in [0.25, 0.3) is 0 Å². The quantitative estimate of drug-likeness (QED) is 0.554. The number of aromatic nitrogens is 1. The molecule has 0 spiro atoms. The van der Waals surface area contributed by atoms with Crippen LogP contribution in [0.15, 0.2) is 36.4 Å². The molecule has 3 aromatic rings. The largest absolute Gasteiger partial charge is 0.493 e. The molecule has 0 saturated carbocycles. The molecular weight excluding hydrogens is 392 g/mol. The minimum absolute atomic E-state index is 0.308. The standard InChI is InChI=1S/C25H28N2O4/c1-5-31-25(28)24-16(2)19-8-6-7-9-20(19)26-21(24)15-27-11-10-17-12-22(29-3)23(30-4)13-18(17)14-27/h6-9,12-13H,5,10-11,14-15H2,1-4H3. The molecule has 2 aromatic carbocycles. The number of rotatable bonds is 6. The van der Waals surface area contributed by atoms with Gasteiger partial charge < -0.3 is 14.2 Å². The van der Waals surface area contributed by atoms with Crippen LogP contribution in [-0.2, 0) is 24.2 Å². The van der Waals surface area contributed by atoms with Crippen molar-refractivity contribution in [2.24, 2.45) is 0 Å². The molecule has 0 aliphatic carbocycles. The zero-order valence-electron chi connectivity index (χ0n) is 18.5. The van der Waals surface area contributed by atoms with Crippen molar-refractivity contribution in [3.05, 3.63) is 64.3 Å². The number of nitrogens with zero attached hydrogens (tertiary/aromatic N) is 2. The summed E-state index contributed by atoms with van der Waals surface area (Å²) in [5.74, 6) is 1.18. The van der Waals surface area contributed by atoms with Crippen LogP contribution in [0.1, 0.15) is 39.7 Å². The maximum Gasteiger partial charge on any atom is 0.340 e. The average Bonchev–Trinajstić information content (AvgIpc) is 2.78. The van der Waals surface area contributed by atoms with E-state index in [0.29, 0.717) is 18.7 Å². The maximum absolute atomic E-state index is 12.8. The Bertz CT molecular complexity index is 1130. The summed E-state index contributed by atoms with van der Waals surface area (Å²) in [5.41, 5.74) is 5.63. The van der Waals surface area contributed by atoms with Crippen LogP contribution in [-0.4, -0.2) is 43.2 Å². The van der Waals surface area contributed by atoms with Crippen LogP contribution in [0.25, 0.3) is 10.9 Å². The zero-order valence-corrected chi connectivity index (χ0v) is 18.5. The monoisotopic (exact) mass is 420 g/mol. The van der Waals surface area contributed by atoms with Gasteiger partial charge in [-0.15, -0.1) is 0 Å². The first kappa shape index (κ1) is 21.1. The molecule has 0 radical (unpaired) electrons. The molecule has 6 heteroatoms. The molecule has 1 aliphatic heterocycles. The van der Waals surface area contributed by atoms with Gasteiger partial charge in [0, 0.05) is 25.0 Å². The third kappa shape index (κ3) is 4.08. The summed E-state index contributed by atoms with van der Waals surface area (Å²) in [5, 5.41) is 0.982. The number of carbonyl (C=O) groups is 1. The van der Waals surface area contributed by atoms with Gasteiger partial charge in [-0.3, -0.25) is 9.88 Å². The van der Waals surface area contributed by atoms with Gasteiger partial charge in [0.1, 0.15) is 0 Å². The van der Waals surface area contributed by atoms with Gasteiger partial charge in [0.2, 0.25) is 0 Å². The molecule has 31 heavy (non-hydrogen) atoms. The van der Waals surface area contributed by atoms with Gasteiger partial charge in [0.05, 0.1) is 37.6 Å². The third-order valence-electron chi connectivity index (χ3n) is 5.88. The Labute approximate surface area is 182 Å². The molecule has 0 atom stereocenters. The Morgan fingerprint density at radius 2 is 1.81 bits per heavy atom. The molecule has 1 aromatic heterocycles. The number of para-hydroxylation sites is 1. The molecule has 1 aliphatic rings.